The van der Waals surface area contributed by atoms with Crippen LogP contribution in [-0.2, 0) is 4.79 Å². The number of anilines is 2. The van der Waals surface area contributed by atoms with E-state index in [1.165, 1.54) is 12.1 Å². The number of fused-ring (bicyclic) bond motifs is 1. The van der Waals surface area contributed by atoms with Gasteiger partial charge in [-0.3, -0.25) is 9.59 Å². The zero-order valence-electron chi connectivity index (χ0n) is 17.9. The van der Waals surface area contributed by atoms with Crippen molar-refractivity contribution in [3.8, 4) is 0 Å². The molecule has 1 fully saturated rings. The zero-order chi connectivity index (χ0) is 21.6. The van der Waals surface area contributed by atoms with E-state index in [9.17, 15) is 14.0 Å². The molecule has 0 unspecified atom stereocenters. The van der Waals surface area contributed by atoms with E-state index >= 15 is 0 Å². The maximum absolute atomic E-state index is 14.2. The lowest BCUT2D eigenvalue weighted by molar-refractivity contribution is -0.117. The number of carbonyl (C=O) groups excluding carboxylic acids is 2. The molecule has 4 rings (SSSR count). The molecule has 5 nitrogen and oxygen atoms in total. The summed E-state index contributed by atoms with van der Waals surface area (Å²) in [5.74, 6) is 0.223. The first-order valence-corrected chi connectivity index (χ1v) is 10.5. The number of carbonyl (C=O) groups is 2. The third-order valence-electron chi connectivity index (χ3n) is 6.25. The zero-order valence-corrected chi connectivity index (χ0v) is 17.9. The molecule has 0 bridgehead atoms. The molecule has 1 aliphatic heterocycles. The summed E-state index contributed by atoms with van der Waals surface area (Å²) < 4.78 is 14.2. The number of hydrogen-bond acceptors (Lipinski definition) is 3. The Kier molecular flexibility index (Phi) is 5.26. The maximum Gasteiger partial charge on any atom is 0.253 e. The van der Waals surface area contributed by atoms with Gasteiger partial charge in [-0.25, -0.2) is 4.39 Å². The van der Waals surface area contributed by atoms with Crippen LogP contribution in [0.5, 0.6) is 0 Å². The molecule has 0 saturated heterocycles. The normalized spacial score (nSPS) is 23.0. The van der Waals surface area contributed by atoms with E-state index in [1.54, 1.807) is 44.1 Å². The minimum atomic E-state index is -0.312. The van der Waals surface area contributed by atoms with E-state index in [1.807, 2.05) is 17.0 Å². The van der Waals surface area contributed by atoms with Gasteiger partial charge in [-0.1, -0.05) is 6.92 Å². The van der Waals surface area contributed by atoms with Crippen molar-refractivity contribution >= 4 is 23.2 Å². The summed E-state index contributed by atoms with van der Waals surface area (Å²) in [5.41, 5.74) is 3.06. The van der Waals surface area contributed by atoms with Crippen molar-refractivity contribution in [2.45, 2.75) is 38.8 Å². The van der Waals surface area contributed by atoms with Crippen LogP contribution in [0.1, 0.15) is 48.7 Å². The topological polar surface area (TPSA) is 52.7 Å². The first-order chi connectivity index (χ1) is 14.3. The monoisotopic (exact) mass is 409 g/mol. The van der Waals surface area contributed by atoms with Crippen molar-refractivity contribution in [2.24, 2.45) is 11.8 Å². The summed E-state index contributed by atoms with van der Waals surface area (Å²) in [4.78, 5) is 28.1. The Bertz CT molecular complexity index is 969. The average molecular weight is 410 g/mol. The summed E-state index contributed by atoms with van der Waals surface area (Å²) in [5, 5.41) is 3.55. The molecular formula is C24H28FN3O2. The van der Waals surface area contributed by atoms with Crippen LogP contribution in [0.2, 0.25) is 0 Å². The van der Waals surface area contributed by atoms with Crippen LogP contribution >= 0.6 is 0 Å². The number of hydrogen-bond donors (Lipinski definition) is 1. The molecular weight excluding hydrogens is 381 g/mol. The second-order valence-corrected chi connectivity index (χ2v) is 8.68. The molecule has 2 aromatic rings. The summed E-state index contributed by atoms with van der Waals surface area (Å²) in [6.45, 7) is 3.72. The fraction of sp³-hybridized carbons (Fsp3) is 0.417. The number of amides is 2. The van der Waals surface area contributed by atoms with Gasteiger partial charge >= 0.3 is 0 Å². The molecule has 2 aliphatic rings. The molecule has 0 radical (unpaired) electrons. The lowest BCUT2D eigenvalue weighted by Gasteiger charge is -2.46. The summed E-state index contributed by atoms with van der Waals surface area (Å²) in [7, 11) is 3.45. The van der Waals surface area contributed by atoms with Gasteiger partial charge in [0.25, 0.3) is 5.91 Å². The Morgan fingerprint density at radius 2 is 1.77 bits per heavy atom. The SMILES string of the molecule is CC(=O)N1c2ccc(F)cc2[C@H](Nc2ccc(C(=O)N(C)C)cc2)[C@@H](C)[C@@H]1C1CC1. The van der Waals surface area contributed by atoms with Crippen molar-refractivity contribution < 1.29 is 14.0 Å². The molecule has 2 aromatic carbocycles. The van der Waals surface area contributed by atoms with Crippen molar-refractivity contribution in [2.75, 3.05) is 24.3 Å². The number of nitrogens with one attached hydrogen (secondary N) is 1. The standard InChI is InChI=1S/C24H28FN3O2/c1-14-22(26-19-10-7-17(8-11-19)24(30)27(3)4)20-13-18(25)9-12-21(20)28(15(2)29)23(14)16-5-6-16/h7-14,16,22-23,26H,5-6H2,1-4H3/t14-,22-,23-/m1/s1. The van der Waals surface area contributed by atoms with Gasteiger partial charge in [0, 0.05) is 55.5 Å². The third-order valence-corrected chi connectivity index (χ3v) is 6.25. The van der Waals surface area contributed by atoms with E-state index in [4.69, 9.17) is 0 Å². The van der Waals surface area contributed by atoms with Gasteiger partial charge < -0.3 is 15.1 Å². The molecule has 1 saturated carbocycles. The fourth-order valence-corrected chi connectivity index (χ4v) is 4.68. The molecule has 0 aromatic heterocycles. The molecule has 1 heterocycles. The number of rotatable bonds is 4. The fourth-order valence-electron chi connectivity index (χ4n) is 4.68. The van der Waals surface area contributed by atoms with Gasteiger partial charge in [-0.05, 0) is 61.2 Å². The third kappa shape index (κ3) is 3.66. The lowest BCUT2D eigenvalue weighted by atomic mass is 9.79. The van der Waals surface area contributed by atoms with Crippen molar-refractivity contribution in [1.82, 2.24) is 4.90 Å². The molecule has 0 spiro atoms. The van der Waals surface area contributed by atoms with Crippen LogP contribution in [0.4, 0.5) is 15.8 Å². The maximum atomic E-state index is 14.2. The van der Waals surface area contributed by atoms with Crippen LogP contribution in [0, 0.1) is 17.7 Å². The second kappa shape index (κ2) is 7.74. The second-order valence-electron chi connectivity index (χ2n) is 8.68. The Morgan fingerprint density at radius 1 is 1.10 bits per heavy atom. The predicted molar refractivity (Wildman–Crippen MR) is 116 cm³/mol. The van der Waals surface area contributed by atoms with Gasteiger partial charge in [0.2, 0.25) is 5.91 Å². The van der Waals surface area contributed by atoms with Gasteiger partial charge in [0.05, 0.1) is 6.04 Å². The number of benzene rings is 2. The first-order valence-electron chi connectivity index (χ1n) is 10.5. The van der Waals surface area contributed by atoms with Gasteiger partial charge in [-0.15, -0.1) is 0 Å². The van der Waals surface area contributed by atoms with Crippen LogP contribution in [0.25, 0.3) is 0 Å². The van der Waals surface area contributed by atoms with E-state index in [0.717, 1.165) is 29.8 Å². The van der Waals surface area contributed by atoms with Crippen LogP contribution < -0.4 is 10.2 Å². The first kappa shape index (κ1) is 20.4. The molecule has 3 atom stereocenters. The largest absolute Gasteiger partial charge is 0.378 e. The minimum Gasteiger partial charge on any atom is -0.378 e. The number of nitrogens with zero attached hydrogens (tertiary/aromatic N) is 2. The molecule has 158 valence electrons. The highest BCUT2D eigenvalue weighted by atomic mass is 19.1. The van der Waals surface area contributed by atoms with E-state index < -0.39 is 0 Å². The van der Waals surface area contributed by atoms with Crippen molar-refractivity contribution in [3.05, 3.63) is 59.4 Å². The van der Waals surface area contributed by atoms with Gasteiger partial charge in [0.15, 0.2) is 0 Å². The van der Waals surface area contributed by atoms with E-state index in [0.29, 0.717) is 11.5 Å². The van der Waals surface area contributed by atoms with Gasteiger partial charge in [0.1, 0.15) is 5.82 Å². The molecule has 6 heteroatoms. The van der Waals surface area contributed by atoms with Crippen LogP contribution in [0.15, 0.2) is 42.5 Å². The molecule has 1 N–H and O–H groups in total. The van der Waals surface area contributed by atoms with E-state index in [-0.39, 0.29) is 35.6 Å². The Hall–Kier alpha value is -2.89. The van der Waals surface area contributed by atoms with Crippen LogP contribution in [0.3, 0.4) is 0 Å². The Morgan fingerprint density at radius 3 is 2.33 bits per heavy atom. The Labute approximate surface area is 176 Å². The minimum absolute atomic E-state index is 0.00314. The summed E-state index contributed by atoms with van der Waals surface area (Å²) >= 11 is 0. The molecule has 2 amide bonds. The summed E-state index contributed by atoms with van der Waals surface area (Å²) in [6.07, 6.45) is 2.23. The predicted octanol–water partition coefficient (Wildman–Crippen LogP) is 4.46. The van der Waals surface area contributed by atoms with Crippen molar-refractivity contribution in [3.63, 3.8) is 0 Å². The number of halogens is 1. The van der Waals surface area contributed by atoms with Gasteiger partial charge in [-0.2, -0.15) is 0 Å². The Balaban J connectivity index is 1.70. The highest BCUT2D eigenvalue weighted by Gasteiger charge is 2.47. The molecule has 30 heavy (non-hydrogen) atoms. The smallest absolute Gasteiger partial charge is 0.253 e. The highest BCUT2D eigenvalue weighted by molar-refractivity contribution is 5.95. The summed E-state index contributed by atoms with van der Waals surface area (Å²) in [6, 6.07) is 12.0. The quantitative estimate of drug-likeness (QED) is 0.811. The van der Waals surface area contributed by atoms with Crippen LogP contribution in [-0.4, -0.2) is 36.9 Å². The van der Waals surface area contributed by atoms with E-state index in [2.05, 4.69) is 12.2 Å². The average Bonchev–Trinajstić information content (AvgIpc) is 3.54. The molecule has 1 aliphatic carbocycles. The van der Waals surface area contributed by atoms with Crippen molar-refractivity contribution in [1.29, 1.82) is 0 Å². The lowest BCUT2D eigenvalue weighted by Crippen LogP contribution is -2.51. The highest BCUT2D eigenvalue weighted by Crippen LogP contribution is 2.50.